The van der Waals surface area contributed by atoms with E-state index in [0.29, 0.717) is 10.5 Å². The van der Waals surface area contributed by atoms with Crippen LogP contribution in [0, 0.1) is 21.7 Å². The van der Waals surface area contributed by atoms with Gasteiger partial charge in [-0.3, -0.25) is 10.1 Å². The quantitative estimate of drug-likeness (QED) is 0.618. The molecule has 98 valence electrons. The van der Waals surface area contributed by atoms with E-state index in [1.165, 1.54) is 18.2 Å². The Morgan fingerprint density at radius 1 is 1.11 bits per heavy atom. The SMILES string of the molecule is O=[N+]([O-])c1ccc(Oc2ccc(F)cc2F)c(Br)c1. The molecule has 0 bridgehead atoms. The minimum Gasteiger partial charge on any atom is -0.453 e. The zero-order chi connectivity index (χ0) is 14.0. The van der Waals surface area contributed by atoms with Crippen LogP contribution in [0.2, 0.25) is 0 Å². The maximum absolute atomic E-state index is 13.4. The number of nitrogens with zero attached hydrogens (tertiary/aromatic N) is 1. The van der Waals surface area contributed by atoms with Gasteiger partial charge < -0.3 is 4.74 Å². The highest BCUT2D eigenvalue weighted by molar-refractivity contribution is 9.10. The molecule has 0 unspecified atom stereocenters. The van der Waals surface area contributed by atoms with Crippen molar-refractivity contribution in [1.29, 1.82) is 0 Å². The van der Waals surface area contributed by atoms with Crippen LogP contribution in [-0.4, -0.2) is 4.92 Å². The number of nitro benzene ring substituents is 1. The van der Waals surface area contributed by atoms with Crippen LogP contribution in [0.4, 0.5) is 14.5 Å². The summed E-state index contributed by atoms with van der Waals surface area (Å²) in [6.45, 7) is 0. The highest BCUT2D eigenvalue weighted by Gasteiger charge is 2.12. The molecule has 2 aromatic carbocycles. The molecule has 7 heteroatoms. The van der Waals surface area contributed by atoms with Crippen LogP contribution in [0.25, 0.3) is 0 Å². The molecule has 2 rings (SSSR count). The normalized spacial score (nSPS) is 10.3. The van der Waals surface area contributed by atoms with Gasteiger partial charge in [-0.15, -0.1) is 0 Å². The Morgan fingerprint density at radius 3 is 2.37 bits per heavy atom. The van der Waals surface area contributed by atoms with Gasteiger partial charge in [0.1, 0.15) is 11.6 Å². The molecular formula is C12H6BrF2NO3. The van der Waals surface area contributed by atoms with Gasteiger partial charge in [0.05, 0.1) is 9.40 Å². The Morgan fingerprint density at radius 2 is 1.79 bits per heavy atom. The summed E-state index contributed by atoms with van der Waals surface area (Å²) in [6.07, 6.45) is 0. The van der Waals surface area contributed by atoms with Gasteiger partial charge in [-0.2, -0.15) is 0 Å². The second-order valence-corrected chi connectivity index (χ2v) is 4.40. The van der Waals surface area contributed by atoms with Crippen LogP contribution in [-0.2, 0) is 0 Å². The second-order valence-electron chi connectivity index (χ2n) is 3.55. The van der Waals surface area contributed by atoms with Crippen molar-refractivity contribution >= 4 is 21.6 Å². The third kappa shape index (κ3) is 3.05. The second kappa shape index (κ2) is 5.31. The lowest BCUT2D eigenvalue weighted by Gasteiger charge is -2.08. The van der Waals surface area contributed by atoms with E-state index in [4.69, 9.17) is 4.74 Å². The molecule has 0 amide bonds. The zero-order valence-electron chi connectivity index (χ0n) is 9.27. The standard InChI is InChI=1S/C12H6BrF2NO3/c13-9-6-8(16(17)18)2-4-11(9)19-12-3-1-7(14)5-10(12)15/h1-6H. The van der Waals surface area contributed by atoms with Crippen LogP contribution in [0.3, 0.4) is 0 Å². The molecule has 0 aliphatic heterocycles. The smallest absolute Gasteiger partial charge is 0.270 e. The number of halogens is 3. The molecule has 0 atom stereocenters. The lowest BCUT2D eigenvalue weighted by Crippen LogP contribution is -1.92. The van der Waals surface area contributed by atoms with Gasteiger partial charge in [-0.1, -0.05) is 0 Å². The van der Waals surface area contributed by atoms with Crippen LogP contribution in [0.1, 0.15) is 0 Å². The number of non-ortho nitro benzene ring substituents is 1. The Bertz CT molecular complexity index is 649. The maximum Gasteiger partial charge on any atom is 0.270 e. The van der Waals surface area contributed by atoms with Crippen molar-refractivity contribution in [2.24, 2.45) is 0 Å². The van der Waals surface area contributed by atoms with E-state index in [1.807, 2.05) is 0 Å². The summed E-state index contributed by atoms with van der Waals surface area (Å²) in [5.74, 6) is -1.55. The van der Waals surface area contributed by atoms with E-state index >= 15 is 0 Å². The molecule has 2 aromatic rings. The van der Waals surface area contributed by atoms with Crippen molar-refractivity contribution in [3.05, 3.63) is 62.6 Å². The average molecular weight is 330 g/mol. The minimum atomic E-state index is -0.856. The van der Waals surface area contributed by atoms with Crippen LogP contribution in [0.5, 0.6) is 11.5 Å². The average Bonchev–Trinajstić information content (AvgIpc) is 2.34. The fourth-order valence-electron chi connectivity index (χ4n) is 1.36. The van der Waals surface area contributed by atoms with E-state index in [0.717, 1.165) is 12.1 Å². The van der Waals surface area contributed by atoms with Crippen molar-refractivity contribution in [2.75, 3.05) is 0 Å². The molecule has 0 radical (unpaired) electrons. The van der Waals surface area contributed by atoms with Gasteiger partial charge in [-0.25, -0.2) is 8.78 Å². The van der Waals surface area contributed by atoms with Crippen molar-refractivity contribution < 1.29 is 18.4 Å². The van der Waals surface area contributed by atoms with Gasteiger partial charge in [0.15, 0.2) is 11.6 Å². The summed E-state index contributed by atoms with van der Waals surface area (Å²) in [4.78, 5) is 9.99. The molecule has 0 aliphatic carbocycles. The Labute approximate surface area is 114 Å². The molecule has 0 saturated carbocycles. The molecule has 0 saturated heterocycles. The largest absolute Gasteiger partial charge is 0.453 e. The molecule has 0 aromatic heterocycles. The minimum absolute atomic E-state index is 0.126. The van der Waals surface area contributed by atoms with Gasteiger partial charge in [0, 0.05) is 18.2 Å². The van der Waals surface area contributed by atoms with E-state index in [1.54, 1.807) is 0 Å². The molecule has 19 heavy (non-hydrogen) atoms. The van der Waals surface area contributed by atoms with Crippen LogP contribution < -0.4 is 4.74 Å². The molecule has 0 aliphatic rings. The van der Waals surface area contributed by atoms with Crippen molar-refractivity contribution in [3.63, 3.8) is 0 Å². The molecule has 0 fully saturated rings. The van der Waals surface area contributed by atoms with E-state index < -0.39 is 16.6 Å². The molecule has 4 nitrogen and oxygen atoms in total. The Balaban J connectivity index is 2.31. The predicted molar refractivity (Wildman–Crippen MR) is 67.2 cm³/mol. The third-order valence-corrected chi connectivity index (χ3v) is 2.86. The molecular weight excluding hydrogens is 324 g/mol. The monoisotopic (exact) mass is 329 g/mol. The van der Waals surface area contributed by atoms with E-state index in [-0.39, 0.29) is 17.2 Å². The van der Waals surface area contributed by atoms with Crippen molar-refractivity contribution in [1.82, 2.24) is 0 Å². The van der Waals surface area contributed by atoms with Crippen LogP contribution in [0.15, 0.2) is 40.9 Å². The van der Waals surface area contributed by atoms with Gasteiger partial charge >= 0.3 is 0 Å². The first-order valence-corrected chi connectivity index (χ1v) is 5.83. The fraction of sp³-hybridized carbons (Fsp3) is 0. The van der Waals surface area contributed by atoms with Crippen molar-refractivity contribution in [2.45, 2.75) is 0 Å². The highest BCUT2D eigenvalue weighted by atomic mass is 79.9. The third-order valence-electron chi connectivity index (χ3n) is 2.24. The number of nitro groups is 1. The molecule has 0 heterocycles. The number of ether oxygens (including phenoxy) is 1. The van der Waals surface area contributed by atoms with Gasteiger partial charge in [-0.05, 0) is 34.1 Å². The topological polar surface area (TPSA) is 52.4 Å². The Hall–Kier alpha value is -2.02. The summed E-state index contributed by atoms with van der Waals surface area (Å²) >= 11 is 3.09. The highest BCUT2D eigenvalue weighted by Crippen LogP contribution is 2.33. The fourth-order valence-corrected chi connectivity index (χ4v) is 1.81. The summed E-state index contributed by atoms with van der Waals surface area (Å²) < 4.78 is 31.6. The summed E-state index contributed by atoms with van der Waals surface area (Å²) in [5, 5.41) is 10.6. The number of rotatable bonds is 3. The number of hydrogen-bond acceptors (Lipinski definition) is 3. The molecule has 0 spiro atoms. The van der Waals surface area contributed by atoms with Gasteiger partial charge in [0.25, 0.3) is 5.69 Å². The van der Waals surface area contributed by atoms with Gasteiger partial charge in [0.2, 0.25) is 0 Å². The van der Waals surface area contributed by atoms with Crippen LogP contribution >= 0.6 is 15.9 Å². The number of benzene rings is 2. The predicted octanol–water partition coefficient (Wildman–Crippen LogP) is 4.43. The first-order valence-electron chi connectivity index (χ1n) is 5.04. The summed E-state index contributed by atoms with van der Waals surface area (Å²) in [6, 6.07) is 6.66. The van der Waals surface area contributed by atoms with E-state index in [2.05, 4.69) is 15.9 Å². The lowest BCUT2D eigenvalue weighted by atomic mass is 10.3. The van der Waals surface area contributed by atoms with E-state index in [9.17, 15) is 18.9 Å². The zero-order valence-corrected chi connectivity index (χ0v) is 10.9. The maximum atomic E-state index is 13.4. The summed E-state index contributed by atoms with van der Waals surface area (Å²) in [5.41, 5.74) is -0.126. The first-order chi connectivity index (χ1) is 8.97. The Kier molecular flexibility index (Phi) is 3.75. The number of hydrogen-bond donors (Lipinski definition) is 0. The first kappa shape index (κ1) is 13.4. The van der Waals surface area contributed by atoms with Crippen molar-refractivity contribution in [3.8, 4) is 11.5 Å². The molecule has 0 N–H and O–H groups in total. The lowest BCUT2D eigenvalue weighted by molar-refractivity contribution is -0.384. The summed E-state index contributed by atoms with van der Waals surface area (Å²) in [7, 11) is 0.